The maximum absolute atomic E-state index is 12.3. The van der Waals surface area contributed by atoms with Crippen LogP contribution in [0.2, 0.25) is 0 Å². The van der Waals surface area contributed by atoms with Gasteiger partial charge in [-0.3, -0.25) is 9.59 Å². The van der Waals surface area contributed by atoms with Gasteiger partial charge in [-0.15, -0.1) is 0 Å². The summed E-state index contributed by atoms with van der Waals surface area (Å²) in [6.45, 7) is 4.70. The van der Waals surface area contributed by atoms with Crippen LogP contribution >= 0.6 is 0 Å². The molecule has 0 aromatic carbocycles. The smallest absolute Gasteiger partial charge is 0.140 e. The van der Waals surface area contributed by atoms with Gasteiger partial charge in [-0.1, -0.05) is 39.5 Å². The highest BCUT2D eigenvalue weighted by Gasteiger charge is 2.50. The van der Waals surface area contributed by atoms with Gasteiger partial charge in [0.25, 0.3) is 0 Å². The van der Waals surface area contributed by atoms with Crippen LogP contribution in [-0.4, -0.2) is 11.6 Å². The molecule has 0 heterocycles. The number of ketones is 2. The van der Waals surface area contributed by atoms with E-state index in [1.165, 1.54) is 51.4 Å². The molecule has 22 heavy (non-hydrogen) atoms. The second-order valence-corrected chi connectivity index (χ2v) is 8.75. The molecule has 2 heteroatoms. The minimum Gasteiger partial charge on any atom is -0.299 e. The van der Waals surface area contributed by atoms with E-state index in [2.05, 4.69) is 13.8 Å². The third-order valence-electron chi connectivity index (χ3n) is 7.10. The third-order valence-corrected chi connectivity index (χ3v) is 7.10. The summed E-state index contributed by atoms with van der Waals surface area (Å²) < 4.78 is 0. The summed E-state index contributed by atoms with van der Waals surface area (Å²) in [5.41, 5.74) is 0.0344. The van der Waals surface area contributed by atoms with E-state index < -0.39 is 0 Å². The Bertz CT molecular complexity index is 383. The first kappa shape index (κ1) is 16.2. The van der Waals surface area contributed by atoms with Crippen LogP contribution in [0, 0.1) is 29.1 Å². The molecule has 0 bridgehead atoms. The van der Waals surface area contributed by atoms with Gasteiger partial charge in [0.05, 0.1) is 6.42 Å². The first-order valence-electron chi connectivity index (χ1n) is 9.53. The number of carbonyl (C=O) groups excluding carboxylic acids is 2. The van der Waals surface area contributed by atoms with Crippen LogP contribution < -0.4 is 0 Å². The van der Waals surface area contributed by atoms with Crippen molar-refractivity contribution in [2.75, 3.05) is 0 Å². The zero-order valence-corrected chi connectivity index (χ0v) is 14.4. The monoisotopic (exact) mass is 304 g/mol. The molecule has 0 amide bonds. The van der Waals surface area contributed by atoms with Crippen molar-refractivity contribution in [3.63, 3.8) is 0 Å². The second-order valence-electron chi connectivity index (χ2n) is 8.75. The third kappa shape index (κ3) is 3.16. The molecule has 0 aromatic heterocycles. The van der Waals surface area contributed by atoms with Gasteiger partial charge < -0.3 is 0 Å². The van der Waals surface area contributed by atoms with Gasteiger partial charge in [0.2, 0.25) is 0 Å². The van der Waals surface area contributed by atoms with Gasteiger partial charge in [-0.05, 0) is 54.8 Å². The molecule has 0 N–H and O–H groups in total. The van der Waals surface area contributed by atoms with E-state index in [1.807, 2.05) is 0 Å². The van der Waals surface area contributed by atoms with Gasteiger partial charge in [0.1, 0.15) is 11.6 Å². The van der Waals surface area contributed by atoms with E-state index in [4.69, 9.17) is 0 Å². The molecule has 3 aliphatic rings. The predicted octanol–water partition coefficient (Wildman–Crippen LogP) is 4.95. The number of hydrogen-bond acceptors (Lipinski definition) is 2. The van der Waals surface area contributed by atoms with Crippen molar-refractivity contribution in [1.82, 2.24) is 0 Å². The minimum atomic E-state index is 0.0344. The van der Waals surface area contributed by atoms with Crippen LogP contribution in [0.1, 0.15) is 84.5 Å². The molecular weight excluding hydrogens is 272 g/mol. The average Bonchev–Trinajstić information content (AvgIpc) is 2.47. The van der Waals surface area contributed by atoms with Gasteiger partial charge in [-0.25, -0.2) is 0 Å². The molecule has 0 saturated heterocycles. The molecule has 0 radical (unpaired) electrons. The van der Waals surface area contributed by atoms with E-state index >= 15 is 0 Å². The van der Waals surface area contributed by atoms with Crippen LogP contribution in [0.4, 0.5) is 0 Å². The molecule has 0 atom stereocenters. The first-order valence-corrected chi connectivity index (χ1v) is 9.53. The highest BCUT2D eigenvalue weighted by Crippen LogP contribution is 2.55. The summed E-state index contributed by atoms with van der Waals surface area (Å²) >= 11 is 0. The summed E-state index contributed by atoms with van der Waals surface area (Å²) in [5.74, 6) is 3.36. The van der Waals surface area contributed by atoms with Crippen LogP contribution in [-0.2, 0) is 9.59 Å². The maximum Gasteiger partial charge on any atom is 0.140 e. The highest BCUT2D eigenvalue weighted by atomic mass is 16.1. The van der Waals surface area contributed by atoms with Crippen LogP contribution in [0.25, 0.3) is 0 Å². The normalized spacial score (nSPS) is 39.7. The van der Waals surface area contributed by atoms with Crippen LogP contribution in [0.5, 0.6) is 0 Å². The Kier molecular flexibility index (Phi) is 4.75. The lowest BCUT2D eigenvalue weighted by atomic mass is 9.52. The summed E-state index contributed by atoms with van der Waals surface area (Å²) in [5, 5.41) is 0. The summed E-state index contributed by atoms with van der Waals surface area (Å²) in [4.78, 5) is 24.6. The molecule has 0 spiro atoms. The van der Waals surface area contributed by atoms with Crippen molar-refractivity contribution < 1.29 is 9.59 Å². The van der Waals surface area contributed by atoms with E-state index in [0.29, 0.717) is 24.7 Å². The maximum atomic E-state index is 12.3. The quantitative estimate of drug-likeness (QED) is 0.677. The van der Waals surface area contributed by atoms with E-state index in [1.54, 1.807) is 0 Å². The molecule has 3 saturated carbocycles. The van der Waals surface area contributed by atoms with Crippen LogP contribution in [0.3, 0.4) is 0 Å². The average molecular weight is 304 g/mol. The minimum absolute atomic E-state index is 0.0344. The number of hydrogen-bond donors (Lipinski definition) is 0. The summed E-state index contributed by atoms with van der Waals surface area (Å²) in [6.07, 6.45) is 11.8. The largest absolute Gasteiger partial charge is 0.299 e. The molecule has 2 nitrogen and oxygen atoms in total. The lowest BCUT2D eigenvalue weighted by molar-refractivity contribution is -0.141. The van der Waals surface area contributed by atoms with Crippen molar-refractivity contribution in [1.29, 1.82) is 0 Å². The topological polar surface area (TPSA) is 34.1 Å². The molecule has 124 valence electrons. The second kappa shape index (κ2) is 6.45. The highest BCUT2D eigenvalue weighted by molar-refractivity contribution is 6.02. The Morgan fingerprint density at radius 1 is 0.682 bits per heavy atom. The van der Waals surface area contributed by atoms with Gasteiger partial charge in [-0.2, -0.15) is 0 Å². The van der Waals surface area contributed by atoms with Crippen molar-refractivity contribution in [2.24, 2.45) is 29.1 Å². The standard InChI is InChI=1S/C20H32O2/c1-14-3-7-16(8-4-14)20(12-18(21)11-19(22)13-20)17-9-5-15(2)6-10-17/h14-17H,3-13H2,1-2H3. The van der Waals surface area contributed by atoms with E-state index in [9.17, 15) is 9.59 Å². The molecule has 0 aliphatic heterocycles. The molecule has 3 fully saturated rings. The fourth-order valence-electron chi connectivity index (χ4n) is 5.72. The van der Waals surface area contributed by atoms with Crippen molar-refractivity contribution in [3.8, 4) is 0 Å². The number of Topliss-reactive ketones (excluding diaryl/α,β-unsaturated/α-hetero) is 2. The Balaban J connectivity index is 1.84. The first-order chi connectivity index (χ1) is 10.5. The molecule has 0 unspecified atom stereocenters. The Hall–Kier alpha value is -0.660. The van der Waals surface area contributed by atoms with Gasteiger partial charge in [0.15, 0.2) is 0 Å². The lowest BCUT2D eigenvalue weighted by Crippen LogP contribution is -2.47. The Labute approximate surface area is 135 Å². The molecular formula is C20H32O2. The molecule has 0 aromatic rings. The number of rotatable bonds is 2. The Morgan fingerprint density at radius 3 is 1.41 bits per heavy atom. The summed E-state index contributed by atoms with van der Waals surface area (Å²) in [6, 6.07) is 0. The SMILES string of the molecule is CC1CCC(C2(C3CCC(C)CC3)CC(=O)CC(=O)C2)CC1. The summed E-state index contributed by atoms with van der Waals surface area (Å²) in [7, 11) is 0. The van der Waals surface area contributed by atoms with E-state index in [-0.39, 0.29) is 23.4 Å². The molecule has 3 rings (SSSR count). The van der Waals surface area contributed by atoms with Crippen LogP contribution in [0.15, 0.2) is 0 Å². The predicted molar refractivity (Wildman–Crippen MR) is 88.5 cm³/mol. The van der Waals surface area contributed by atoms with Crippen molar-refractivity contribution in [3.05, 3.63) is 0 Å². The molecule has 3 aliphatic carbocycles. The van der Waals surface area contributed by atoms with Gasteiger partial charge >= 0.3 is 0 Å². The van der Waals surface area contributed by atoms with Crippen molar-refractivity contribution >= 4 is 11.6 Å². The number of carbonyl (C=O) groups is 2. The van der Waals surface area contributed by atoms with E-state index in [0.717, 1.165) is 11.8 Å². The fourth-order valence-corrected chi connectivity index (χ4v) is 5.72. The zero-order valence-electron chi connectivity index (χ0n) is 14.4. The Morgan fingerprint density at radius 2 is 1.05 bits per heavy atom. The van der Waals surface area contributed by atoms with Crippen molar-refractivity contribution in [2.45, 2.75) is 84.5 Å². The zero-order chi connectivity index (χ0) is 15.7. The van der Waals surface area contributed by atoms with Gasteiger partial charge in [0, 0.05) is 12.8 Å². The lowest BCUT2D eigenvalue weighted by Gasteiger charge is -2.51. The fraction of sp³-hybridized carbons (Fsp3) is 0.900.